The molecule has 1 heterocycles. The second-order valence-electron chi connectivity index (χ2n) is 4.05. The zero-order chi connectivity index (χ0) is 15.2. The van der Waals surface area contributed by atoms with Gasteiger partial charge in [0.05, 0.1) is 6.54 Å². The number of benzene rings is 1. The van der Waals surface area contributed by atoms with E-state index in [1.807, 2.05) is 0 Å². The Morgan fingerprint density at radius 1 is 1.24 bits per heavy atom. The summed E-state index contributed by atoms with van der Waals surface area (Å²) >= 11 is 11.7. The summed E-state index contributed by atoms with van der Waals surface area (Å²) < 4.78 is 0. The minimum atomic E-state index is -0.351. The summed E-state index contributed by atoms with van der Waals surface area (Å²) in [5.74, 6) is 5.64. The maximum absolute atomic E-state index is 12.1. The van der Waals surface area contributed by atoms with Crippen LogP contribution in [-0.2, 0) is 0 Å². The maximum Gasteiger partial charge on any atom is 0.256 e. The molecule has 1 aromatic heterocycles. The molecule has 0 unspecified atom stereocenters. The van der Waals surface area contributed by atoms with Gasteiger partial charge in [-0.1, -0.05) is 35.0 Å². The smallest absolute Gasteiger partial charge is 0.256 e. The molecule has 106 valence electrons. The number of nitrogens with one attached hydrogen (secondary N) is 1. The first-order valence-corrected chi connectivity index (χ1v) is 6.76. The van der Waals surface area contributed by atoms with Crippen molar-refractivity contribution in [2.75, 3.05) is 11.9 Å². The van der Waals surface area contributed by atoms with E-state index in [0.717, 1.165) is 5.56 Å². The van der Waals surface area contributed by atoms with Gasteiger partial charge in [-0.05, 0) is 30.3 Å². The molecule has 0 spiro atoms. The number of aromatic nitrogens is 1. The number of nitrogens with two attached hydrogens (primary N) is 1. The fraction of sp³-hybridized carbons (Fsp3) is 0.0667. The lowest BCUT2D eigenvalue weighted by atomic mass is 10.2. The Morgan fingerprint density at radius 3 is 2.62 bits per heavy atom. The highest BCUT2D eigenvalue weighted by Crippen LogP contribution is 2.19. The monoisotopic (exact) mass is 319 g/mol. The Balaban J connectivity index is 2.19. The van der Waals surface area contributed by atoms with Crippen molar-refractivity contribution in [2.45, 2.75) is 0 Å². The van der Waals surface area contributed by atoms with E-state index in [0.29, 0.717) is 21.4 Å². The fourth-order valence-electron chi connectivity index (χ4n) is 1.60. The van der Waals surface area contributed by atoms with Crippen LogP contribution in [0, 0.1) is 11.8 Å². The second kappa shape index (κ2) is 7.09. The fourth-order valence-corrected chi connectivity index (χ4v) is 2.13. The molecular formula is C15H11Cl2N3O. The summed E-state index contributed by atoms with van der Waals surface area (Å²) in [5, 5.41) is 3.45. The predicted molar refractivity (Wildman–Crippen MR) is 84.6 cm³/mol. The molecule has 0 saturated carbocycles. The van der Waals surface area contributed by atoms with Crippen molar-refractivity contribution in [3.8, 4) is 11.8 Å². The molecule has 0 fully saturated rings. The summed E-state index contributed by atoms with van der Waals surface area (Å²) in [5.41, 5.74) is 6.39. The van der Waals surface area contributed by atoms with Crippen molar-refractivity contribution in [1.82, 2.24) is 4.98 Å². The molecule has 21 heavy (non-hydrogen) atoms. The number of pyridine rings is 1. The molecule has 2 rings (SSSR count). The summed E-state index contributed by atoms with van der Waals surface area (Å²) in [6.45, 7) is 0.269. The van der Waals surface area contributed by atoms with Crippen LogP contribution in [0.1, 0.15) is 15.9 Å². The van der Waals surface area contributed by atoms with Gasteiger partial charge in [-0.15, -0.1) is 0 Å². The van der Waals surface area contributed by atoms with Gasteiger partial charge in [-0.25, -0.2) is 4.98 Å². The lowest BCUT2D eigenvalue weighted by Crippen LogP contribution is -2.13. The van der Waals surface area contributed by atoms with Crippen LogP contribution in [-0.4, -0.2) is 17.4 Å². The predicted octanol–water partition coefficient (Wildman–Crippen LogP) is 2.95. The van der Waals surface area contributed by atoms with Crippen molar-refractivity contribution >= 4 is 34.9 Å². The Morgan fingerprint density at radius 2 is 1.95 bits per heavy atom. The lowest BCUT2D eigenvalue weighted by Gasteiger charge is -2.05. The number of nitrogens with zero attached hydrogens (tertiary/aromatic N) is 1. The van der Waals surface area contributed by atoms with Gasteiger partial charge >= 0.3 is 0 Å². The Labute approximate surface area is 132 Å². The topological polar surface area (TPSA) is 68.0 Å². The van der Waals surface area contributed by atoms with Gasteiger partial charge in [0.2, 0.25) is 0 Å². The minimum Gasteiger partial charge on any atom is -0.320 e. The van der Waals surface area contributed by atoms with E-state index >= 15 is 0 Å². The van der Waals surface area contributed by atoms with E-state index in [1.54, 1.807) is 24.4 Å². The molecule has 0 aliphatic heterocycles. The molecule has 4 nitrogen and oxygen atoms in total. The van der Waals surface area contributed by atoms with Gasteiger partial charge in [0, 0.05) is 27.4 Å². The van der Waals surface area contributed by atoms with Crippen LogP contribution >= 0.6 is 23.2 Å². The van der Waals surface area contributed by atoms with Gasteiger partial charge < -0.3 is 11.1 Å². The molecule has 3 N–H and O–H groups in total. The molecule has 0 aliphatic rings. The minimum absolute atomic E-state index is 0.269. The van der Waals surface area contributed by atoms with Crippen molar-refractivity contribution in [2.24, 2.45) is 5.73 Å². The van der Waals surface area contributed by atoms with E-state index in [9.17, 15) is 4.79 Å². The molecule has 6 heteroatoms. The highest BCUT2D eigenvalue weighted by atomic mass is 35.5. The van der Waals surface area contributed by atoms with Gasteiger partial charge in [0.25, 0.3) is 5.91 Å². The first kappa shape index (κ1) is 15.3. The molecule has 1 aromatic carbocycles. The number of hydrogen-bond acceptors (Lipinski definition) is 3. The molecule has 2 aromatic rings. The number of carbonyl (C=O) groups is 1. The van der Waals surface area contributed by atoms with E-state index in [1.165, 1.54) is 12.1 Å². The van der Waals surface area contributed by atoms with Gasteiger partial charge in [-0.3, -0.25) is 4.79 Å². The van der Waals surface area contributed by atoms with Crippen molar-refractivity contribution in [1.29, 1.82) is 0 Å². The van der Waals surface area contributed by atoms with Crippen molar-refractivity contribution < 1.29 is 4.79 Å². The quantitative estimate of drug-likeness (QED) is 0.836. The third-order valence-corrected chi connectivity index (χ3v) is 2.90. The van der Waals surface area contributed by atoms with Gasteiger partial charge in [-0.2, -0.15) is 0 Å². The number of anilines is 1. The van der Waals surface area contributed by atoms with Crippen LogP contribution < -0.4 is 11.1 Å². The number of halogens is 2. The highest BCUT2D eigenvalue weighted by molar-refractivity contribution is 6.35. The Kier molecular flexibility index (Phi) is 5.18. The van der Waals surface area contributed by atoms with Crippen LogP contribution in [0.2, 0.25) is 10.0 Å². The first-order chi connectivity index (χ1) is 10.1. The highest BCUT2D eigenvalue weighted by Gasteiger charge is 2.09. The van der Waals surface area contributed by atoms with Crippen LogP contribution in [0.4, 0.5) is 5.82 Å². The standard InChI is InChI=1S/C15H11Cl2N3O/c16-12-7-11(8-13(17)9-12)15(21)20-14-6-10(2-1-4-18)3-5-19-14/h3,5-9H,4,18H2,(H,19,20,21). The molecule has 0 bridgehead atoms. The Bertz CT molecular complexity index is 715. The normalized spacial score (nSPS) is 9.67. The number of amides is 1. The van der Waals surface area contributed by atoms with E-state index < -0.39 is 0 Å². The number of hydrogen-bond donors (Lipinski definition) is 2. The van der Waals surface area contributed by atoms with E-state index in [-0.39, 0.29) is 12.5 Å². The van der Waals surface area contributed by atoms with Crippen molar-refractivity contribution in [3.63, 3.8) is 0 Å². The first-order valence-electron chi connectivity index (χ1n) is 6.01. The summed E-state index contributed by atoms with van der Waals surface area (Å²) in [4.78, 5) is 16.2. The largest absolute Gasteiger partial charge is 0.320 e. The number of rotatable bonds is 2. The Hall–Kier alpha value is -2.06. The number of carbonyl (C=O) groups excluding carboxylic acids is 1. The average molecular weight is 320 g/mol. The third-order valence-electron chi connectivity index (χ3n) is 2.46. The summed E-state index contributed by atoms with van der Waals surface area (Å²) in [7, 11) is 0. The molecule has 0 radical (unpaired) electrons. The molecule has 0 aliphatic carbocycles. The zero-order valence-electron chi connectivity index (χ0n) is 10.9. The lowest BCUT2D eigenvalue weighted by molar-refractivity contribution is 0.102. The molecule has 0 saturated heterocycles. The van der Waals surface area contributed by atoms with Crippen molar-refractivity contribution in [3.05, 3.63) is 57.7 Å². The van der Waals surface area contributed by atoms with Crippen LogP contribution in [0.25, 0.3) is 0 Å². The van der Waals surface area contributed by atoms with Crippen LogP contribution in [0.15, 0.2) is 36.5 Å². The molecule has 0 atom stereocenters. The second-order valence-corrected chi connectivity index (χ2v) is 4.92. The molecular weight excluding hydrogens is 309 g/mol. The van der Waals surface area contributed by atoms with Crippen LogP contribution in [0.3, 0.4) is 0 Å². The summed E-state index contributed by atoms with van der Waals surface area (Å²) in [6, 6.07) is 8.00. The average Bonchev–Trinajstić information content (AvgIpc) is 2.44. The zero-order valence-corrected chi connectivity index (χ0v) is 12.4. The van der Waals surface area contributed by atoms with Gasteiger partial charge in [0.15, 0.2) is 0 Å². The van der Waals surface area contributed by atoms with Crippen LogP contribution in [0.5, 0.6) is 0 Å². The molecule has 1 amide bonds. The summed E-state index contributed by atoms with van der Waals surface area (Å²) in [6.07, 6.45) is 1.56. The SMILES string of the molecule is NCC#Cc1ccnc(NC(=O)c2cc(Cl)cc(Cl)c2)c1. The van der Waals surface area contributed by atoms with E-state index in [2.05, 4.69) is 22.1 Å². The van der Waals surface area contributed by atoms with Gasteiger partial charge in [0.1, 0.15) is 5.82 Å². The van der Waals surface area contributed by atoms with E-state index in [4.69, 9.17) is 28.9 Å². The maximum atomic E-state index is 12.1. The third kappa shape index (κ3) is 4.47.